The Balaban J connectivity index is 3.08. The summed E-state index contributed by atoms with van der Waals surface area (Å²) in [5, 5.41) is 0. The van der Waals surface area contributed by atoms with E-state index in [9.17, 15) is 4.79 Å². The van der Waals surface area contributed by atoms with E-state index >= 15 is 0 Å². The van der Waals surface area contributed by atoms with Crippen LogP contribution in [-0.2, 0) is 10.6 Å². The topological polar surface area (TPSA) is 29.5 Å². The summed E-state index contributed by atoms with van der Waals surface area (Å²) in [7, 11) is 3.84. The number of hydrogen-bond acceptors (Lipinski definition) is 3. The Kier molecular flexibility index (Phi) is 4.62. The summed E-state index contributed by atoms with van der Waals surface area (Å²) in [5.41, 5.74) is 2.40. The minimum absolute atomic E-state index is 0.308. The van der Waals surface area contributed by atoms with Gasteiger partial charge in [0, 0.05) is 25.7 Å². The highest BCUT2D eigenvalue weighted by Gasteiger charge is 2.10. The quantitative estimate of drug-likeness (QED) is 0.600. The first-order chi connectivity index (χ1) is 7.58. The van der Waals surface area contributed by atoms with Crippen LogP contribution in [0.5, 0.6) is 0 Å². The smallest absolute Gasteiger partial charge is 0.338 e. The predicted molar refractivity (Wildman–Crippen MR) is 66.3 cm³/mol. The Morgan fingerprint density at radius 3 is 2.56 bits per heavy atom. The van der Waals surface area contributed by atoms with Gasteiger partial charge in [-0.25, -0.2) is 4.79 Å². The number of carbonyl (C=O) groups is 1. The fourth-order valence-electron chi connectivity index (χ4n) is 1.34. The van der Waals surface area contributed by atoms with Crippen LogP contribution in [0, 0.1) is 0 Å². The standard InChI is InChI=1S/C12H16ClNO2/c1-4-16-12(15)10-5-9(8-13)6-11(7-10)14(2)3/h5-7H,4,8H2,1-3H3. The largest absolute Gasteiger partial charge is 0.462 e. The summed E-state index contributed by atoms with van der Waals surface area (Å²) >= 11 is 5.79. The second-order valence-electron chi connectivity index (χ2n) is 3.64. The van der Waals surface area contributed by atoms with E-state index in [4.69, 9.17) is 16.3 Å². The first-order valence-corrected chi connectivity index (χ1v) is 5.66. The molecule has 0 saturated carbocycles. The van der Waals surface area contributed by atoms with Gasteiger partial charge in [0.05, 0.1) is 12.2 Å². The van der Waals surface area contributed by atoms with Crippen molar-refractivity contribution in [2.75, 3.05) is 25.6 Å². The van der Waals surface area contributed by atoms with Crippen LogP contribution in [0.3, 0.4) is 0 Å². The molecule has 0 fully saturated rings. The number of halogens is 1. The lowest BCUT2D eigenvalue weighted by molar-refractivity contribution is 0.0526. The van der Waals surface area contributed by atoms with Gasteiger partial charge in [-0.2, -0.15) is 0 Å². The molecule has 0 bridgehead atoms. The van der Waals surface area contributed by atoms with E-state index in [2.05, 4.69) is 0 Å². The number of alkyl halides is 1. The number of rotatable bonds is 4. The molecule has 4 heteroatoms. The second kappa shape index (κ2) is 5.75. The zero-order valence-electron chi connectivity index (χ0n) is 9.79. The van der Waals surface area contributed by atoms with E-state index in [0.717, 1.165) is 11.3 Å². The predicted octanol–water partition coefficient (Wildman–Crippen LogP) is 2.67. The fraction of sp³-hybridized carbons (Fsp3) is 0.417. The lowest BCUT2D eigenvalue weighted by Gasteiger charge is -2.15. The first-order valence-electron chi connectivity index (χ1n) is 5.12. The molecule has 16 heavy (non-hydrogen) atoms. The van der Waals surface area contributed by atoms with Crippen molar-refractivity contribution in [3.63, 3.8) is 0 Å². The lowest BCUT2D eigenvalue weighted by Crippen LogP contribution is -2.11. The number of benzene rings is 1. The molecule has 0 spiro atoms. The molecular weight excluding hydrogens is 226 g/mol. The van der Waals surface area contributed by atoms with Crippen molar-refractivity contribution >= 4 is 23.3 Å². The Morgan fingerprint density at radius 1 is 1.38 bits per heavy atom. The van der Waals surface area contributed by atoms with Gasteiger partial charge >= 0.3 is 5.97 Å². The molecule has 1 aromatic carbocycles. The number of anilines is 1. The molecule has 0 aliphatic carbocycles. The third-order valence-corrected chi connectivity index (χ3v) is 2.47. The van der Waals surface area contributed by atoms with Crippen LogP contribution >= 0.6 is 11.6 Å². The molecule has 0 aliphatic heterocycles. The van der Waals surface area contributed by atoms with Crippen molar-refractivity contribution in [3.05, 3.63) is 29.3 Å². The third-order valence-electron chi connectivity index (χ3n) is 2.16. The molecule has 0 unspecified atom stereocenters. The third kappa shape index (κ3) is 3.14. The minimum atomic E-state index is -0.308. The van der Waals surface area contributed by atoms with Crippen molar-refractivity contribution in [1.82, 2.24) is 0 Å². The number of carbonyl (C=O) groups excluding carboxylic acids is 1. The van der Waals surface area contributed by atoms with E-state index in [1.54, 1.807) is 19.1 Å². The number of nitrogens with zero attached hydrogens (tertiary/aromatic N) is 1. The fourth-order valence-corrected chi connectivity index (χ4v) is 1.50. The molecular formula is C12H16ClNO2. The normalized spacial score (nSPS) is 10.0. The van der Waals surface area contributed by atoms with E-state index in [0.29, 0.717) is 18.1 Å². The maximum atomic E-state index is 11.6. The molecule has 0 saturated heterocycles. The maximum Gasteiger partial charge on any atom is 0.338 e. The Labute approximate surface area is 101 Å². The van der Waals surface area contributed by atoms with Crippen LogP contribution in [-0.4, -0.2) is 26.7 Å². The van der Waals surface area contributed by atoms with Crippen molar-refractivity contribution in [2.45, 2.75) is 12.8 Å². The van der Waals surface area contributed by atoms with E-state index in [-0.39, 0.29) is 5.97 Å². The first kappa shape index (κ1) is 12.8. The average Bonchev–Trinajstić information content (AvgIpc) is 2.28. The van der Waals surface area contributed by atoms with Crippen molar-refractivity contribution in [1.29, 1.82) is 0 Å². The zero-order chi connectivity index (χ0) is 12.1. The maximum absolute atomic E-state index is 11.6. The van der Waals surface area contributed by atoms with Gasteiger partial charge in [0.25, 0.3) is 0 Å². The van der Waals surface area contributed by atoms with Crippen LogP contribution < -0.4 is 4.90 Å². The van der Waals surface area contributed by atoms with Crippen LogP contribution in [0.2, 0.25) is 0 Å². The molecule has 1 rings (SSSR count). The van der Waals surface area contributed by atoms with E-state index in [1.165, 1.54) is 0 Å². The van der Waals surface area contributed by atoms with Gasteiger partial charge in [0.1, 0.15) is 0 Å². The summed E-state index contributed by atoms with van der Waals surface area (Å²) in [4.78, 5) is 13.5. The Bertz CT molecular complexity index is 377. The summed E-state index contributed by atoms with van der Waals surface area (Å²) < 4.78 is 4.96. The van der Waals surface area contributed by atoms with Gasteiger partial charge in [0.2, 0.25) is 0 Å². The average molecular weight is 242 g/mol. The second-order valence-corrected chi connectivity index (χ2v) is 3.90. The highest BCUT2D eigenvalue weighted by Crippen LogP contribution is 2.19. The molecule has 0 heterocycles. The van der Waals surface area contributed by atoms with Crippen molar-refractivity contribution in [3.8, 4) is 0 Å². The Hall–Kier alpha value is -1.22. The van der Waals surface area contributed by atoms with Gasteiger partial charge in [0.15, 0.2) is 0 Å². The summed E-state index contributed by atoms with van der Waals surface area (Å²) in [6, 6.07) is 5.52. The molecule has 0 N–H and O–H groups in total. The van der Waals surface area contributed by atoms with E-state index < -0.39 is 0 Å². The van der Waals surface area contributed by atoms with Gasteiger partial charge in [-0.3, -0.25) is 0 Å². The monoisotopic (exact) mass is 241 g/mol. The highest BCUT2D eigenvalue weighted by molar-refractivity contribution is 6.17. The molecule has 88 valence electrons. The molecule has 3 nitrogen and oxygen atoms in total. The van der Waals surface area contributed by atoms with Gasteiger partial charge in [-0.15, -0.1) is 11.6 Å². The van der Waals surface area contributed by atoms with Crippen LogP contribution in [0.15, 0.2) is 18.2 Å². The number of ether oxygens (including phenoxy) is 1. The van der Waals surface area contributed by atoms with Gasteiger partial charge in [-0.1, -0.05) is 0 Å². The summed E-state index contributed by atoms with van der Waals surface area (Å²) in [6.45, 7) is 2.16. The molecule has 0 atom stereocenters. The molecule has 0 aromatic heterocycles. The Morgan fingerprint density at radius 2 is 2.06 bits per heavy atom. The summed E-state index contributed by atoms with van der Waals surface area (Å²) in [5.74, 6) is 0.0752. The molecule has 1 aromatic rings. The number of hydrogen-bond donors (Lipinski definition) is 0. The summed E-state index contributed by atoms with van der Waals surface area (Å²) in [6.07, 6.45) is 0. The van der Waals surface area contributed by atoms with Gasteiger partial charge < -0.3 is 9.64 Å². The van der Waals surface area contributed by atoms with Crippen LogP contribution in [0.4, 0.5) is 5.69 Å². The van der Waals surface area contributed by atoms with Crippen molar-refractivity contribution < 1.29 is 9.53 Å². The SMILES string of the molecule is CCOC(=O)c1cc(CCl)cc(N(C)C)c1. The minimum Gasteiger partial charge on any atom is -0.462 e. The molecule has 0 amide bonds. The van der Waals surface area contributed by atoms with Crippen LogP contribution in [0.1, 0.15) is 22.8 Å². The van der Waals surface area contributed by atoms with Crippen molar-refractivity contribution in [2.24, 2.45) is 0 Å². The lowest BCUT2D eigenvalue weighted by atomic mass is 10.1. The van der Waals surface area contributed by atoms with Crippen LogP contribution in [0.25, 0.3) is 0 Å². The van der Waals surface area contributed by atoms with Gasteiger partial charge in [-0.05, 0) is 30.7 Å². The highest BCUT2D eigenvalue weighted by atomic mass is 35.5. The molecule has 0 radical (unpaired) electrons. The number of esters is 1. The van der Waals surface area contributed by atoms with E-state index in [1.807, 2.05) is 25.1 Å². The molecule has 0 aliphatic rings. The zero-order valence-corrected chi connectivity index (χ0v) is 10.5.